The highest BCUT2D eigenvalue weighted by atomic mass is 19.4. The molecule has 2 rings (SSSR count). The molecule has 0 spiro atoms. The summed E-state index contributed by atoms with van der Waals surface area (Å²) >= 11 is 0. The van der Waals surface area contributed by atoms with E-state index in [-0.39, 0.29) is 0 Å². The van der Waals surface area contributed by atoms with Gasteiger partial charge in [0.25, 0.3) is 0 Å². The summed E-state index contributed by atoms with van der Waals surface area (Å²) in [4.78, 5) is 0. The second kappa shape index (κ2) is 5.22. The fourth-order valence-electron chi connectivity index (χ4n) is 1.61. The molecule has 0 saturated carbocycles. The van der Waals surface area contributed by atoms with Crippen LogP contribution in [-0.2, 0) is 12.7 Å². The molecule has 0 unspecified atom stereocenters. The van der Waals surface area contributed by atoms with Crippen molar-refractivity contribution < 1.29 is 13.2 Å². The number of nitrogens with one attached hydrogen (secondary N) is 1. The first-order chi connectivity index (χ1) is 8.97. The summed E-state index contributed by atoms with van der Waals surface area (Å²) in [6.45, 7) is 0.392. The summed E-state index contributed by atoms with van der Waals surface area (Å²) in [6, 6.07) is 13.1. The van der Waals surface area contributed by atoms with E-state index in [2.05, 4.69) is 11.4 Å². The smallest absolute Gasteiger partial charge is 0.397 e. The van der Waals surface area contributed by atoms with E-state index in [0.29, 0.717) is 17.9 Å². The van der Waals surface area contributed by atoms with Crippen LogP contribution in [0.1, 0.15) is 11.1 Å². The predicted octanol–water partition coefficient (Wildman–Crippen LogP) is 3.70. The summed E-state index contributed by atoms with van der Waals surface area (Å²) in [7, 11) is 0. The van der Waals surface area contributed by atoms with Gasteiger partial charge in [-0.2, -0.15) is 13.2 Å². The first-order valence-corrected chi connectivity index (χ1v) is 5.63. The molecule has 2 nitrogen and oxygen atoms in total. The summed E-state index contributed by atoms with van der Waals surface area (Å²) in [6.07, 6.45) is -4.30. The lowest BCUT2D eigenvalue weighted by Crippen LogP contribution is -2.06. The number of rotatable bonds is 3. The molecule has 0 aromatic heterocycles. The number of hydrogen-bond donors (Lipinski definition) is 2. The first kappa shape index (κ1) is 13.3. The summed E-state index contributed by atoms with van der Waals surface area (Å²) in [5, 5.41) is 3.03. The van der Waals surface area contributed by atoms with Gasteiger partial charge in [0.1, 0.15) is 0 Å². The van der Waals surface area contributed by atoms with Crippen LogP contribution in [0, 0.1) is 6.07 Å². The van der Waals surface area contributed by atoms with E-state index in [9.17, 15) is 13.2 Å². The lowest BCUT2D eigenvalue weighted by molar-refractivity contribution is -0.137. The zero-order valence-electron chi connectivity index (χ0n) is 9.96. The van der Waals surface area contributed by atoms with Crippen LogP contribution in [0.3, 0.4) is 0 Å². The topological polar surface area (TPSA) is 38.0 Å². The third-order valence-electron chi connectivity index (χ3n) is 2.64. The first-order valence-electron chi connectivity index (χ1n) is 5.63. The van der Waals surface area contributed by atoms with Crippen molar-refractivity contribution in [3.63, 3.8) is 0 Å². The molecule has 0 atom stereocenters. The van der Waals surface area contributed by atoms with E-state index in [1.165, 1.54) is 12.1 Å². The number of halogens is 3. The number of nitrogen functional groups attached to an aromatic ring is 1. The van der Waals surface area contributed by atoms with Crippen molar-refractivity contribution in [3.05, 3.63) is 59.7 Å². The van der Waals surface area contributed by atoms with Crippen LogP contribution in [0.5, 0.6) is 0 Å². The van der Waals surface area contributed by atoms with E-state index in [4.69, 9.17) is 5.73 Å². The van der Waals surface area contributed by atoms with Gasteiger partial charge < -0.3 is 11.1 Å². The molecular weight excluding hydrogens is 253 g/mol. The monoisotopic (exact) mass is 265 g/mol. The highest BCUT2D eigenvalue weighted by molar-refractivity contribution is 5.64. The van der Waals surface area contributed by atoms with Gasteiger partial charge in [-0.05, 0) is 23.8 Å². The number of alkyl halides is 3. The van der Waals surface area contributed by atoms with Crippen LogP contribution in [0.25, 0.3) is 0 Å². The van der Waals surface area contributed by atoms with Gasteiger partial charge in [-0.3, -0.25) is 0 Å². The van der Waals surface area contributed by atoms with Crippen LogP contribution >= 0.6 is 0 Å². The standard InChI is InChI=1S/C14H12F3N2/c15-14(16,17)11-7-5-10(6-8-11)9-19-13-4-2-1-3-12(13)18/h1-3,5-8,19H,9,18H2. The molecule has 0 saturated heterocycles. The van der Waals surface area contributed by atoms with Crippen LogP contribution in [0.15, 0.2) is 42.5 Å². The van der Waals surface area contributed by atoms with Crippen molar-refractivity contribution in [2.75, 3.05) is 11.1 Å². The Labute approximate surface area is 109 Å². The second-order valence-corrected chi connectivity index (χ2v) is 4.05. The van der Waals surface area contributed by atoms with Crippen molar-refractivity contribution in [1.29, 1.82) is 0 Å². The average Bonchev–Trinajstić information content (AvgIpc) is 2.37. The summed E-state index contributed by atoms with van der Waals surface area (Å²) in [5.74, 6) is 0. The molecule has 0 aliphatic rings. The molecule has 19 heavy (non-hydrogen) atoms. The Morgan fingerprint density at radius 1 is 1.11 bits per heavy atom. The van der Waals surface area contributed by atoms with Gasteiger partial charge in [-0.1, -0.05) is 24.3 Å². The van der Waals surface area contributed by atoms with Gasteiger partial charge in [0.15, 0.2) is 0 Å². The van der Waals surface area contributed by atoms with E-state index in [1.807, 2.05) is 0 Å². The zero-order chi connectivity index (χ0) is 13.9. The summed E-state index contributed by atoms with van der Waals surface area (Å²) in [5.41, 5.74) is 7.00. The fraction of sp³-hybridized carbons (Fsp3) is 0.143. The van der Waals surface area contributed by atoms with Gasteiger partial charge in [0.2, 0.25) is 0 Å². The van der Waals surface area contributed by atoms with Gasteiger partial charge >= 0.3 is 6.18 Å². The van der Waals surface area contributed by atoms with E-state index >= 15 is 0 Å². The predicted molar refractivity (Wildman–Crippen MR) is 68.5 cm³/mol. The van der Waals surface area contributed by atoms with E-state index < -0.39 is 11.7 Å². The van der Waals surface area contributed by atoms with Crippen LogP contribution in [0.4, 0.5) is 24.5 Å². The van der Waals surface area contributed by atoms with Gasteiger partial charge in [0, 0.05) is 12.6 Å². The molecule has 2 aromatic carbocycles. The van der Waals surface area contributed by atoms with Crippen molar-refractivity contribution in [1.82, 2.24) is 0 Å². The molecule has 2 aromatic rings. The Hall–Kier alpha value is -2.17. The lowest BCUT2D eigenvalue weighted by Gasteiger charge is -2.10. The number of benzene rings is 2. The SMILES string of the molecule is Nc1ccc[c]c1NCc1ccc(C(F)(F)F)cc1. The minimum absolute atomic E-state index is 0.392. The maximum atomic E-state index is 12.4. The van der Waals surface area contributed by atoms with E-state index in [1.54, 1.807) is 18.2 Å². The van der Waals surface area contributed by atoms with E-state index in [0.717, 1.165) is 17.7 Å². The minimum Gasteiger partial charge on any atom is -0.397 e. The number of hydrogen-bond acceptors (Lipinski definition) is 2. The molecule has 3 N–H and O–H groups in total. The van der Waals surface area contributed by atoms with Gasteiger partial charge in [-0.15, -0.1) is 0 Å². The van der Waals surface area contributed by atoms with Crippen LogP contribution < -0.4 is 11.1 Å². The Morgan fingerprint density at radius 3 is 2.37 bits per heavy atom. The number of anilines is 2. The van der Waals surface area contributed by atoms with Crippen molar-refractivity contribution in [3.8, 4) is 0 Å². The number of nitrogens with two attached hydrogens (primary N) is 1. The molecule has 0 aliphatic carbocycles. The average molecular weight is 265 g/mol. The molecule has 0 fully saturated rings. The third-order valence-corrected chi connectivity index (χ3v) is 2.64. The van der Waals surface area contributed by atoms with Gasteiger partial charge in [-0.25, -0.2) is 0 Å². The lowest BCUT2D eigenvalue weighted by atomic mass is 10.1. The second-order valence-electron chi connectivity index (χ2n) is 4.05. The van der Waals surface area contributed by atoms with Crippen molar-refractivity contribution in [2.45, 2.75) is 12.7 Å². The van der Waals surface area contributed by atoms with Crippen molar-refractivity contribution >= 4 is 11.4 Å². The Kier molecular flexibility index (Phi) is 3.64. The highest BCUT2D eigenvalue weighted by Gasteiger charge is 2.29. The third kappa shape index (κ3) is 3.40. The molecule has 0 bridgehead atoms. The quantitative estimate of drug-likeness (QED) is 0.830. The normalized spacial score (nSPS) is 11.3. The Balaban J connectivity index is 2.03. The fourth-order valence-corrected chi connectivity index (χ4v) is 1.61. The zero-order valence-corrected chi connectivity index (χ0v) is 9.96. The maximum Gasteiger partial charge on any atom is 0.416 e. The van der Waals surface area contributed by atoms with Crippen LogP contribution in [-0.4, -0.2) is 0 Å². The summed E-state index contributed by atoms with van der Waals surface area (Å²) < 4.78 is 37.2. The van der Waals surface area contributed by atoms with Crippen molar-refractivity contribution in [2.24, 2.45) is 0 Å². The Morgan fingerprint density at radius 2 is 1.79 bits per heavy atom. The molecular formula is C14H12F3N2. The molecule has 5 heteroatoms. The molecule has 1 radical (unpaired) electrons. The van der Waals surface area contributed by atoms with Gasteiger partial charge in [0.05, 0.1) is 16.9 Å². The molecule has 0 aliphatic heterocycles. The molecule has 0 amide bonds. The maximum absolute atomic E-state index is 12.4. The van der Waals surface area contributed by atoms with Crippen LogP contribution in [0.2, 0.25) is 0 Å². The Bertz CT molecular complexity index is 547. The molecule has 99 valence electrons. The largest absolute Gasteiger partial charge is 0.416 e. The minimum atomic E-state index is -4.30. The highest BCUT2D eigenvalue weighted by Crippen LogP contribution is 2.29. The number of para-hydroxylation sites is 1. The molecule has 0 heterocycles.